The Hall–Kier alpha value is -1.20. The summed E-state index contributed by atoms with van der Waals surface area (Å²) in [7, 11) is 0. The molecule has 15 heavy (non-hydrogen) atoms. The normalized spacial score (nSPS) is 17.7. The van der Waals surface area contributed by atoms with Gasteiger partial charge in [0.15, 0.2) is 0 Å². The lowest BCUT2D eigenvalue weighted by Gasteiger charge is -2.40. The van der Waals surface area contributed by atoms with Gasteiger partial charge in [0, 0.05) is 10.6 Å². The largest absolute Gasteiger partial charge is 0.379 e. The van der Waals surface area contributed by atoms with Crippen molar-refractivity contribution in [3.05, 3.63) is 28.8 Å². The lowest BCUT2D eigenvalue weighted by molar-refractivity contribution is 0.306. The molecule has 1 aliphatic rings. The molecule has 3 heteroatoms. The molecule has 1 fully saturated rings. The molecule has 0 spiro atoms. The molecular formula is C12H13ClN2. The zero-order chi connectivity index (χ0) is 10.9. The third-order valence-electron chi connectivity index (χ3n) is 3.00. The van der Waals surface area contributed by atoms with Gasteiger partial charge >= 0.3 is 0 Å². The Labute approximate surface area is 94.9 Å². The maximum Gasteiger partial charge on any atom is 0.101 e. The van der Waals surface area contributed by atoms with Crippen LogP contribution in [-0.2, 0) is 0 Å². The number of hydrogen-bond acceptors (Lipinski definition) is 2. The molecule has 1 aromatic rings. The van der Waals surface area contributed by atoms with Gasteiger partial charge in [-0.05, 0) is 44.4 Å². The number of halogens is 1. The van der Waals surface area contributed by atoms with Crippen LogP contribution in [0.15, 0.2) is 18.2 Å². The van der Waals surface area contributed by atoms with E-state index in [2.05, 4.69) is 18.3 Å². The molecule has 0 heterocycles. The Morgan fingerprint density at radius 2 is 2.20 bits per heavy atom. The predicted molar refractivity (Wildman–Crippen MR) is 62.0 cm³/mol. The summed E-state index contributed by atoms with van der Waals surface area (Å²) in [6.07, 6.45) is 3.57. The quantitative estimate of drug-likeness (QED) is 0.827. The second-order valence-corrected chi connectivity index (χ2v) is 4.78. The van der Waals surface area contributed by atoms with Crippen LogP contribution in [0.3, 0.4) is 0 Å². The predicted octanol–water partition coefficient (Wildman–Crippen LogP) is 3.57. The van der Waals surface area contributed by atoms with Crippen LogP contribution in [0.25, 0.3) is 0 Å². The minimum absolute atomic E-state index is 0.149. The average molecular weight is 221 g/mol. The smallest absolute Gasteiger partial charge is 0.101 e. The summed E-state index contributed by atoms with van der Waals surface area (Å²) >= 11 is 5.91. The van der Waals surface area contributed by atoms with Crippen molar-refractivity contribution in [3.63, 3.8) is 0 Å². The number of benzene rings is 1. The van der Waals surface area contributed by atoms with E-state index in [4.69, 9.17) is 16.9 Å². The first-order valence-corrected chi connectivity index (χ1v) is 5.49. The van der Waals surface area contributed by atoms with Gasteiger partial charge in [0.2, 0.25) is 0 Å². The first-order chi connectivity index (χ1) is 7.13. The summed E-state index contributed by atoms with van der Waals surface area (Å²) in [6.45, 7) is 2.18. The van der Waals surface area contributed by atoms with Crippen LogP contribution in [0.1, 0.15) is 31.7 Å². The SMILES string of the molecule is CC1(Nc2cc(Cl)ccc2C#N)CCC1. The van der Waals surface area contributed by atoms with E-state index >= 15 is 0 Å². The molecule has 2 rings (SSSR count). The summed E-state index contributed by atoms with van der Waals surface area (Å²) in [5.74, 6) is 0. The fraction of sp³-hybridized carbons (Fsp3) is 0.417. The lowest BCUT2D eigenvalue weighted by Crippen LogP contribution is -2.41. The molecule has 0 amide bonds. The molecule has 0 radical (unpaired) electrons. The standard InChI is InChI=1S/C12H13ClN2/c1-12(5-2-6-12)15-11-7-10(13)4-3-9(11)8-14/h3-4,7,15H,2,5-6H2,1H3. The summed E-state index contributed by atoms with van der Waals surface area (Å²) in [5.41, 5.74) is 1.66. The van der Waals surface area contributed by atoms with Gasteiger partial charge in [0.1, 0.15) is 6.07 Å². The summed E-state index contributed by atoms with van der Waals surface area (Å²) in [5, 5.41) is 13.0. The Morgan fingerprint density at radius 1 is 1.47 bits per heavy atom. The zero-order valence-corrected chi connectivity index (χ0v) is 9.43. The molecule has 0 bridgehead atoms. The third-order valence-corrected chi connectivity index (χ3v) is 3.23. The van der Waals surface area contributed by atoms with Gasteiger partial charge in [-0.25, -0.2) is 0 Å². The average Bonchev–Trinajstić information content (AvgIpc) is 2.16. The molecule has 1 saturated carbocycles. The zero-order valence-electron chi connectivity index (χ0n) is 8.68. The second kappa shape index (κ2) is 3.75. The van der Waals surface area contributed by atoms with E-state index in [9.17, 15) is 0 Å². The van der Waals surface area contributed by atoms with E-state index in [1.807, 2.05) is 6.07 Å². The minimum Gasteiger partial charge on any atom is -0.379 e. The van der Waals surface area contributed by atoms with E-state index in [-0.39, 0.29) is 5.54 Å². The Morgan fingerprint density at radius 3 is 2.73 bits per heavy atom. The number of nitrogens with zero attached hydrogens (tertiary/aromatic N) is 1. The van der Waals surface area contributed by atoms with Gasteiger partial charge in [-0.3, -0.25) is 0 Å². The Bertz CT molecular complexity index is 416. The molecule has 0 unspecified atom stereocenters. The minimum atomic E-state index is 0.149. The highest BCUT2D eigenvalue weighted by atomic mass is 35.5. The van der Waals surface area contributed by atoms with Crippen LogP contribution in [0, 0.1) is 11.3 Å². The maximum absolute atomic E-state index is 8.96. The highest BCUT2D eigenvalue weighted by Crippen LogP contribution is 2.36. The van der Waals surface area contributed by atoms with Crippen LogP contribution in [0.4, 0.5) is 5.69 Å². The highest BCUT2D eigenvalue weighted by molar-refractivity contribution is 6.30. The number of nitrogens with one attached hydrogen (secondary N) is 1. The van der Waals surface area contributed by atoms with Crippen molar-refractivity contribution in [2.24, 2.45) is 0 Å². The Balaban J connectivity index is 2.26. The first-order valence-electron chi connectivity index (χ1n) is 5.11. The molecule has 0 aromatic heterocycles. The molecule has 0 saturated heterocycles. The van der Waals surface area contributed by atoms with Crippen molar-refractivity contribution >= 4 is 17.3 Å². The summed E-state index contributed by atoms with van der Waals surface area (Å²) < 4.78 is 0. The van der Waals surface area contributed by atoms with Crippen molar-refractivity contribution in [1.29, 1.82) is 5.26 Å². The highest BCUT2D eigenvalue weighted by Gasteiger charge is 2.31. The molecule has 1 aliphatic carbocycles. The van der Waals surface area contributed by atoms with Crippen LogP contribution in [-0.4, -0.2) is 5.54 Å². The molecule has 78 valence electrons. The monoisotopic (exact) mass is 220 g/mol. The van der Waals surface area contributed by atoms with Crippen molar-refractivity contribution in [3.8, 4) is 6.07 Å². The Kier molecular flexibility index (Phi) is 2.58. The van der Waals surface area contributed by atoms with E-state index in [0.29, 0.717) is 10.6 Å². The fourth-order valence-corrected chi connectivity index (χ4v) is 2.05. The third kappa shape index (κ3) is 2.08. The van der Waals surface area contributed by atoms with Crippen LogP contribution in [0.2, 0.25) is 5.02 Å². The van der Waals surface area contributed by atoms with Crippen LogP contribution in [0.5, 0.6) is 0 Å². The van der Waals surface area contributed by atoms with Gasteiger partial charge in [-0.2, -0.15) is 5.26 Å². The molecule has 1 N–H and O–H groups in total. The maximum atomic E-state index is 8.96. The van der Waals surface area contributed by atoms with Crippen LogP contribution >= 0.6 is 11.6 Å². The summed E-state index contributed by atoms with van der Waals surface area (Å²) in [4.78, 5) is 0. The summed E-state index contributed by atoms with van der Waals surface area (Å²) in [6, 6.07) is 7.50. The molecule has 0 aliphatic heterocycles. The van der Waals surface area contributed by atoms with Crippen molar-refractivity contribution < 1.29 is 0 Å². The van der Waals surface area contributed by atoms with Crippen molar-refractivity contribution in [2.45, 2.75) is 31.7 Å². The molecular weight excluding hydrogens is 208 g/mol. The number of anilines is 1. The molecule has 0 atom stereocenters. The van der Waals surface area contributed by atoms with E-state index < -0.39 is 0 Å². The van der Waals surface area contributed by atoms with Crippen molar-refractivity contribution in [1.82, 2.24) is 0 Å². The lowest BCUT2D eigenvalue weighted by atomic mass is 9.78. The number of hydrogen-bond donors (Lipinski definition) is 1. The first kappa shape index (κ1) is 10.3. The van der Waals surface area contributed by atoms with Crippen molar-refractivity contribution in [2.75, 3.05) is 5.32 Å². The van der Waals surface area contributed by atoms with Gasteiger partial charge in [0.05, 0.1) is 11.3 Å². The van der Waals surface area contributed by atoms with E-state index in [0.717, 1.165) is 18.5 Å². The van der Waals surface area contributed by atoms with Gasteiger partial charge in [0.25, 0.3) is 0 Å². The van der Waals surface area contributed by atoms with Gasteiger partial charge in [-0.1, -0.05) is 11.6 Å². The van der Waals surface area contributed by atoms with Gasteiger partial charge in [-0.15, -0.1) is 0 Å². The van der Waals surface area contributed by atoms with Crippen LogP contribution < -0.4 is 5.32 Å². The topological polar surface area (TPSA) is 35.8 Å². The molecule has 2 nitrogen and oxygen atoms in total. The fourth-order valence-electron chi connectivity index (χ4n) is 1.87. The molecule has 1 aromatic carbocycles. The van der Waals surface area contributed by atoms with Gasteiger partial charge < -0.3 is 5.32 Å². The number of nitriles is 1. The van der Waals surface area contributed by atoms with E-state index in [1.54, 1.807) is 12.1 Å². The van der Waals surface area contributed by atoms with E-state index in [1.165, 1.54) is 6.42 Å². The second-order valence-electron chi connectivity index (χ2n) is 4.34. The number of rotatable bonds is 2.